The first-order chi connectivity index (χ1) is 7.66. The van der Waals surface area contributed by atoms with E-state index in [2.05, 4.69) is 6.92 Å². The van der Waals surface area contributed by atoms with Crippen LogP contribution in [-0.2, 0) is 0 Å². The lowest BCUT2D eigenvalue weighted by Crippen LogP contribution is -2.19. The van der Waals surface area contributed by atoms with Crippen molar-refractivity contribution in [2.45, 2.75) is 19.8 Å². The van der Waals surface area contributed by atoms with Gasteiger partial charge in [0.2, 0.25) is 0 Å². The zero-order valence-electron chi connectivity index (χ0n) is 9.37. The van der Waals surface area contributed by atoms with Crippen molar-refractivity contribution in [3.8, 4) is 0 Å². The first-order valence-corrected chi connectivity index (χ1v) is 5.74. The van der Waals surface area contributed by atoms with Crippen LogP contribution in [0.1, 0.15) is 19.8 Å². The molecule has 0 N–H and O–H groups in total. The molecule has 0 bridgehead atoms. The summed E-state index contributed by atoms with van der Waals surface area (Å²) in [5, 5.41) is 0. The smallest absolute Gasteiger partial charge is 0.118 e. The lowest BCUT2D eigenvalue weighted by Gasteiger charge is -2.28. The summed E-state index contributed by atoms with van der Waals surface area (Å²) in [4.78, 5) is 0. The van der Waals surface area contributed by atoms with Crippen molar-refractivity contribution in [3.05, 3.63) is 48.1 Å². The van der Waals surface area contributed by atoms with E-state index in [4.69, 9.17) is 0 Å². The van der Waals surface area contributed by atoms with E-state index in [1.165, 1.54) is 12.2 Å². The molecule has 86 valence electrons. The maximum Gasteiger partial charge on any atom is 0.118 e. The van der Waals surface area contributed by atoms with Crippen LogP contribution in [0.25, 0.3) is 0 Å². The summed E-state index contributed by atoms with van der Waals surface area (Å²) < 4.78 is 25.6. The molecule has 0 spiro atoms. The number of hydrogen-bond donors (Lipinski definition) is 0. The summed E-state index contributed by atoms with van der Waals surface area (Å²) in [6, 6.07) is 0. The second-order valence-corrected chi connectivity index (χ2v) is 4.55. The molecule has 0 aromatic rings. The molecule has 0 aliphatic heterocycles. The van der Waals surface area contributed by atoms with E-state index in [1.807, 2.05) is 12.2 Å². The Bertz CT molecular complexity index is 338. The highest BCUT2D eigenvalue weighted by Crippen LogP contribution is 2.33. The van der Waals surface area contributed by atoms with Crippen molar-refractivity contribution in [3.63, 3.8) is 0 Å². The molecule has 16 heavy (non-hydrogen) atoms. The number of hydrogen-bond acceptors (Lipinski definition) is 0. The van der Waals surface area contributed by atoms with E-state index < -0.39 is 0 Å². The Morgan fingerprint density at radius 3 is 1.75 bits per heavy atom. The quantitative estimate of drug-likeness (QED) is 0.646. The average molecular weight is 222 g/mol. The minimum Gasteiger partial charge on any atom is -0.207 e. The molecule has 2 aliphatic carbocycles. The third kappa shape index (κ3) is 2.49. The molecule has 0 heterocycles. The fourth-order valence-electron chi connectivity index (χ4n) is 2.32. The first-order valence-electron chi connectivity index (χ1n) is 5.74. The minimum absolute atomic E-state index is 0.145. The molecule has 2 heteroatoms. The van der Waals surface area contributed by atoms with Crippen molar-refractivity contribution in [2.24, 2.45) is 17.8 Å². The van der Waals surface area contributed by atoms with Crippen LogP contribution < -0.4 is 0 Å². The number of allylic oxidation sites excluding steroid dienone is 8. The maximum atomic E-state index is 12.8. The molecule has 2 aliphatic rings. The zero-order chi connectivity index (χ0) is 11.5. The zero-order valence-corrected chi connectivity index (χ0v) is 9.37. The van der Waals surface area contributed by atoms with Crippen LogP contribution >= 0.6 is 0 Å². The van der Waals surface area contributed by atoms with Crippen molar-refractivity contribution in [1.82, 2.24) is 0 Å². The summed E-state index contributed by atoms with van der Waals surface area (Å²) in [6.45, 7) is 2.15. The van der Waals surface area contributed by atoms with Gasteiger partial charge in [-0.3, -0.25) is 0 Å². The van der Waals surface area contributed by atoms with E-state index in [1.54, 1.807) is 12.2 Å². The Hall–Kier alpha value is -1.18. The fourth-order valence-corrected chi connectivity index (χ4v) is 2.32. The summed E-state index contributed by atoms with van der Waals surface area (Å²) >= 11 is 0. The molecule has 0 saturated carbocycles. The molecule has 0 saturated heterocycles. The summed E-state index contributed by atoms with van der Waals surface area (Å²) in [7, 11) is 0. The lowest BCUT2D eigenvalue weighted by atomic mass is 9.77. The predicted molar refractivity (Wildman–Crippen MR) is 62.0 cm³/mol. The molecular formula is C14H16F2. The van der Waals surface area contributed by atoms with Gasteiger partial charge in [0.1, 0.15) is 11.7 Å². The van der Waals surface area contributed by atoms with E-state index in [0.29, 0.717) is 17.8 Å². The molecule has 0 aromatic carbocycles. The van der Waals surface area contributed by atoms with Crippen molar-refractivity contribution in [2.75, 3.05) is 0 Å². The van der Waals surface area contributed by atoms with Gasteiger partial charge in [0.05, 0.1) is 0 Å². The van der Waals surface area contributed by atoms with Crippen molar-refractivity contribution < 1.29 is 8.78 Å². The normalized spacial score (nSPS) is 30.9. The van der Waals surface area contributed by atoms with Gasteiger partial charge in [-0.2, -0.15) is 0 Å². The van der Waals surface area contributed by atoms with Gasteiger partial charge >= 0.3 is 0 Å². The van der Waals surface area contributed by atoms with Crippen molar-refractivity contribution >= 4 is 0 Å². The fraction of sp³-hybridized carbons (Fsp3) is 0.429. The highest BCUT2D eigenvalue weighted by molar-refractivity contribution is 5.21. The molecule has 0 aromatic heterocycles. The Balaban J connectivity index is 1.97. The van der Waals surface area contributed by atoms with Gasteiger partial charge in [-0.15, -0.1) is 0 Å². The molecule has 0 nitrogen and oxygen atoms in total. The van der Waals surface area contributed by atoms with Gasteiger partial charge in [0.15, 0.2) is 0 Å². The van der Waals surface area contributed by atoms with Crippen LogP contribution in [0.2, 0.25) is 0 Å². The van der Waals surface area contributed by atoms with Crippen LogP contribution in [0.3, 0.4) is 0 Å². The highest BCUT2D eigenvalue weighted by atomic mass is 19.1. The SMILES string of the molecule is CC(C1C=CC(F)=CC1)C1C=CC(F)=CC1. The van der Waals surface area contributed by atoms with Gasteiger partial charge < -0.3 is 0 Å². The van der Waals surface area contributed by atoms with Crippen LogP contribution in [0.15, 0.2) is 48.1 Å². The number of rotatable bonds is 2. The van der Waals surface area contributed by atoms with E-state index in [0.717, 1.165) is 12.8 Å². The summed E-state index contributed by atoms with van der Waals surface area (Å²) in [5.74, 6) is 0.857. The van der Waals surface area contributed by atoms with Gasteiger partial charge in [-0.25, -0.2) is 8.78 Å². The first kappa shape index (κ1) is 11.3. The van der Waals surface area contributed by atoms with Gasteiger partial charge in [-0.1, -0.05) is 19.1 Å². The topological polar surface area (TPSA) is 0 Å². The standard InChI is InChI=1S/C14H16F2/c1-10(11-2-6-13(15)7-3-11)12-4-8-14(16)9-5-12/h2,4,6-12H,3,5H2,1H3. The Morgan fingerprint density at radius 1 is 1.00 bits per heavy atom. The largest absolute Gasteiger partial charge is 0.207 e. The highest BCUT2D eigenvalue weighted by Gasteiger charge is 2.24. The molecule has 2 rings (SSSR count). The van der Waals surface area contributed by atoms with E-state index in [-0.39, 0.29) is 11.7 Å². The third-order valence-electron chi connectivity index (χ3n) is 3.53. The maximum absolute atomic E-state index is 12.8. The Labute approximate surface area is 95.0 Å². The third-order valence-corrected chi connectivity index (χ3v) is 3.53. The predicted octanol–water partition coefficient (Wildman–Crippen LogP) is 4.48. The molecule has 0 fully saturated rings. The van der Waals surface area contributed by atoms with Crippen LogP contribution in [0.5, 0.6) is 0 Å². The molecule has 0 radical (unpaired) electrons. The lowest BCUT2D eigenvalue weighted by molar-refractivity contribution is 0.327. The molecule has 0 amide bonds. The molecule has 2 unspecified atom stereocenters. The number of halogens is 2. The second-order valence-electron chi connectivity index (χ2n) is 4.55. The van der Waals surface area contributed by atoms with Gasteiger partial charge in [0, 0.05) is 0 Å². The van der Waals surface area contributed by atoms with E-state index >= 15 is 0 Å². The van der Waals surface area contributed by atoms with Gasteiger partial charge in [0.25, 0.3) is 0 Å². The molecular weight excluding hydrogens is 206 g/mol. The van der Waals surface area contributed by atoms with E-state index in [9.17, 15) is 8.78 Å². The van der Waals surface area contributed by atoms with Crippen LogP contribution in [0.4, 0.5) is 8.78 Å². The monoisotopic (exact) mass is 222 g/mol. The Morgan fingerprint density at radius 2 is 1.44 bits per heavy atom. The minimum atomic E-state index is -0.145. The summed E-state index contributed by atoms with van der Waals surface area (Å²) in [6.07, 6.45) is 11.7. The van der Waals surface area contributed by atoms with Crippen LogP contribution in [0, 0.1) is 17.8 Å². The molecule has 2 atom stereocenters. The van der Waals surface area contributed by atoms with Crippen LogP contribution in [-0.4, -0.2) is 0 Å². The van der Waals surface area contributed by atoms with Crippen molar-refractivity contribution in [1.29, 1.82) is 0 Å². The van der Waals surface area contributed by atoms with Gasteiger partial charge in [-0.05, 0) is 54.9 Å². The Kier molecular flexibility index (Phi) is 3.37. The second kappa shape index (κ2) is 4.77. The average Bonchev–Trinajstić information content (AvgIpc) is 2.30. The summed E-state index contributed by atoms with van der Waals surface area (Å²) in [5.41, 5.74) is 0.